The smallest absolute Gasteiger partial charge is 0.263 e. The van der Waals surface area contributed by atoms with Crippen molar-refractivity contribution in [3.05, 3.63) is 0 Å². The number of carbonyl (C=O) groups is 1. The molecule has 0 unspecified atom stereocenters. The van der Waals surface area contributed by atoms with Crippen LogP contribution in [0.1, 0.15) is 0 Å². The number of hydrogen-bond donors (Lipinski definition) is 1. The van der Waals surface area contributed by atoms with Crippen molar-refractivity contribution in [2.75, 3.05) is 6.86 Å². The average Bonchev–Trinajstić information content (AvgIpc) is 1.66. The van der Waals surface area contributed by atoms with Crippen LogP contribution in [-0.4, -0.2) is 19.0 Å². The Morgan fingerprint density at radius 3 is 3.00 bits per heavy atom. The highest BCUT2D eigenvalue weighted by Crippen LogP contribution is 1.71. The van der Waals surface area contributed by atoms with Crippen molar-refractivity contribution < 1.29 is 14.0 Å². The number of nitrogens with zero attached hydrogens (tertiary/aromatic N) is 1. The lowest BCUT2D eigenvalue weighted by molar-refractivity contribution is -0.111. The van der Waals surface area contributed by atoms with Gasteiger partial charge in [0.1, 0.15) is 6.21 Å². The highest BCUT2D eigenvalue weighted by Gasteiger charge is 1.80. The second-order valence-corrected chi connectivity index (χ2v) is 0.875. The van der Waals surface area contributed by atoms with E-state index >= 15 is 0 Å². The van der Waals surface area contributed by atoms with E-state index in [1.54, 1.807) is 0 Å². The monoisotopic (exact) mass is 120 g/mol. The van der Waals surface area contributed by atoms with Gasteiger partial charge in [-0.05, 0) is 0 Å². The molecule has 0 saturated heterocycles. The Bertz CT molecular complexity index is 103. The molecule has 0 spiro atoms. The minimum absolute atomic E-state index is 0.680. The van der Waals surface area contributed by atoms with Crippen LogP contribution in [0, 0.1) is 0 Å². The summed E-state index contributed by atoms with van der Waals surface area (Å²) in [7, 11) is 0. The summed E-state index contributed by atoms with van der Waals surface area (Å²) >= 11 is 0. The van der Waals surface area contributed by atoms with Gasteiger partial charge in [-0.1, -0.05) is 5.16 Å². The molecular formula is C3H5FN2O2. The zero-order valence-corrected chi connectivity index (χ0v) is 4.00. The number of halogens is 1. The highest BCUT2D eigenvalue weighted by atomic mass is 19.1. The van der Waals surface area contributed by atoms with E-state index in [2.05, 4.69) is 15.7 Å². The van der Waals surface area contributed by atoms with Crippen molar-refractivity contribution in [3.8, 4) is 0 Å². The maximum absolute atomic E-state index is 11.0. The maximum Gasteiger partial charge on any atom is 0.263 e. The molecular weight excluding hydrogens is 115 g/mol. The molecule has 46 valence electrons. The molecule has 4 nitrogen and oxygen atoms in total. The van der Waals surface area contributed by atoms with E-state index in [9.17, 15) is 9.18 Å². The lowest BCUT2D eigenvalue weighted by atomic mass is 10.7. The fraction of sp³-hybridized carbons (Fsp3) is 0.333. The van der Waals surface area contributed by atoms with Crippen LogP contribution in [-0.2, 0) is 9.63 Å². The van der Waals surface area contributed by atoms with Crippen LogP contribution < -0.4 is 5.73 Å². The van der Waals surface area contributed by atoms with E-state index in [0.717, 1.165) is 0 Å². The third-order valence-corrected chi connectivity index (χ3v) is 0.303. The Morgan fingerprint density at radius 2 is 2.62 bits per heavy atom. The first-order chi connectivity index (χ1) is 3.77. The molecule has 0 aliphatic carbocycles. The van der Waals surface area contributed by atoms with E-state index < -0.39 is 12.8 Å². The van der Waals surface area contributed by atoms with Crippen molar-refractivity contribution in [2.45, 2.75) is 0 Å². The first-order valence-electron chi connectivity index (χ1n) is 1.78. The van der Waals surface area contributed by atoms with Crippen LogP contribution in [0.2, 0.25) is 0 Å². The Balaban J connectivity index is 3.20. The first-order valence-corrected chi connectivity index (χ1v) is 1.78. The Hall–Kier alpha value is -1.13. The number of primary amides is 1. The number of hydrogen-bond acceptors (Lipinski definition) is 3. The molecule has 0 rings (SSSR count). The van der Waals surface area contributed by atoms with Crippen LogP contribution in [0.15, 0.2) is 5.16 Å². The third kappa shape index (κ3) is 4.87. The lowest BCUT2D eigenvalue weighted by Gasteiger charge is -1.83. The fourth-order valence-corrected chi connectivity index (χ4v) is 0.117. The summed E-state index contributed by atoms with van der Waals surface area (Å²) < 4.78 is 11.0. The number of oxime groups is 1. The van der Waals surface area contributed by atoms with Crippen molar-refractivity contribution in [1.29, 1.82) is 0 Å². The maximum atomic E-state index is 11.0. The average molecular weight is 120 g/mol. The van der Waals surface area contributed by atoms with Gasteiger partial charge in [0, 0.05) is 0 Å². The van der Waals surface area contributed by atoms with Gasteiger partial charge in [-0.25, -0.2) is 4.39 Å². The number of rotatable bonds is 3. The largest absolute Gasteiger partial charge is 0.365 e. The summed E-state index contributed by atoms with van der Waals surface area (Å²) in [6.45, 7) is -1.05. The SMILES string of the molecule is NC(=O)C=NOCF. The summed E-state index contributed by atoms with van der Waals surface area (Å²) in [4.78, 5) is 13.5. The molecule has 0 bridgehead atoms. The predicted molar refractivity (Wildman–Crippen MR) is 24.7 cm³/mol. The van der Waals surface area contributed by atoms with E-state index in [0.29, 0.717) is 6.21 Å². The van der Waals surface area contributed by atoms with Gasteiger partial charge in [0.2, 0.25) is 0 Å². The van der Waals surface area contributed by atoms with Crippen molar-refractivity contribution >= 4 is 12.1 Å². The van der Waals surface area contributed by atoms with Gasteiger partial charge in [-0.15, -0.1) is 0 Å². The number of alkyl halides is 1. The van der Waals surface area contributed by atoms with Crippen molar-refractivity contribution in [2.24, 2.45) is 10.9 Å². The molecule has 0 aromatic carbocycles. The van der Waals surface area contributed by atoms with E-state index in [4.69, 9.17) is 0 Å². The molecule has 0 saturated carbocycles. The molecule has 1 amide bonds. The van der Waals surface area contributed by atoms with Crippen LogP contribution in [0.5, 0.6) is 0 Å². The molecule has 0 atom stereocenters. The molecule has 0 aromatic heterocycles. The van der Waals surface area contributed by atoms with E-state index in [1.165, 1.54) is 0 Å². The molecule has 0 aromatic rings. The lowest BCUT2D eigenvalue weighted by Crippen LogP contribution is -2.11. The Kier molecular flexibility index (Phi) is 3.47. The topological polar surface area (TPSA) is 64.7 Å². The van der Waals surface area contributed by atoms with Crippen LogP contribution in [0.25, 0.3) is 0 Å². The van der Waals surface area contributed by atoms with Gasteiger partial charge in [-0.3, -0.25) is 4.79 Å². The zero-order valence-electron chi connectivity index (χ0n) is 4.00. The predicted octanol–water partition coefficient (Wildman–Crippen LogP) is -0.599. The van der Waals surface area contributed by atoms with Crippen LogP contribution >= 0.6 is 0 Å². The number of amides is 1. The molecule has 8 heavy (non-hydrogen) atoms. The molecule has 0 radical (unpaired) electrons. The van der Waals surface area contributed by atoms with Crippen LogP contribution in [0.3, 0.4) is 0 Å². The van der Waals surface area contributed by atoms with Crippen molar-refractivity contribution in [1.82, 2.24) is 0 Å². The van der Waals surface area contributed by atoms with Crippen LogP contribution in [0.4, 0.5) is 4.39 Å². The standard InChI is InChI=1S/C3H5FN2O2/c4-2-8-6-1-3(5)7/h1H,2H2,(H2,5,7). The van der Waals surface area contributed by atoms with Gasteiger partial charge in [0.25, 0.3) is 12.8 Å². The minimum Gasteiger partial charge on any atom is -0.365 e. The Labute approximate surface area is 45.1 Å². The van der Waals surface area contributed by atoms with E-state index in [1.807, 2.05) is 0 Å². The van der Waals surface area contributed by atoms with Gasteiger partial charge in [0.05, 0.1) is 0 Å². The quantitative estimate of drug-likeness (QED) is 0.399. The summed E-state index contributed by atoms with van der Waals surface area (Å²) in [5, 5.41) is 2.81. The number of nitrogens with two attached hydrogens (primary N) is 1. The molecule has 5 heteroatoms. The van der Waals surface area contributed by atoms with Crippen molar-refractivity contribution in [3.63, 3.8) is 0 Å². The fourth-order valence-electron chi connectivity index (χ4n) is 0.117. The second kappa shape index (κ2) is 4.04. The molecule has 0 aliphatic rings. The molecule has 0 heterocycles. The molecule has 2 N–H and O–H groups in total. The minimum atomic E-state index is -1.05. The summed E-state index contributed by atoms with van der Waals surface area (Å²) in [5.74, 6) is -0.765. The molecule has 0 aliphatic heterocycles. The Morgan fingerprint density at radius 1 is 2.00 bits per heavy atom. The van der Waals surface area contributed by atoms with Gasteiger partial charge >= 0.3 is 0 Å². The summed E-state index contributed by atoms with van der Waals surface area (Å²) in [5.41, 5.74) is 4.54. The number of carbonyl (C=O) groups excluding carboxylic acids is 1. The third-order valence-electron chi connectivity index (χ3n) is 0.303. The molecule has 0 fully saturated rings. The second-order valence-electron chi connectivity index (χ2n) is 0.875. The van der Waals surface area contributed by atoms with E-state index in [-0.39, 0.29) is 0 Å². The van der Waals surface area contributed by atoms with Gasteiger partial charge in [-0.2, -0.15) is 0 Å². The zero-order chi connectivity index (χ0) is 6.41. The summed E-state index contributed by atoms with van der Waals surface area (Å²) in [6, 6.07) is 0. The highest BCUT2D eigenvalue weighted by molar-refractivity contribution is 6.25. The van der Waals surface area contributed by atoms with Gasteiger partial charge in [0.15, 0.2) is 0 Å². The normalized spacial score (nSPS) is 9.62. The first kappa shape index (κ1) is 6.87. The summed E-state index contributed by atoms with van der Waals surface area (Å²) in [6.07, 6.45) is 0.680. The van der Waals surface area contributed by atoms with Gasteiger partial charge < -0.3 is 10.6 Å².